The molecule has 1 aromatic heterocycles. The first-order chi connectivity index (χ1) is 8.80. The van der Waals surface area contributed by atoms with Gasteiger partial charge in [-0.2, -0.15) is 0 Å². The van der Waals surface area contributed by atoms with Crippen molar-refractivity contribution in [3.63, 3.8) is 0 Å². The summed E-state index contributed by atoms with van der Waals surface area (Å²) in [5.41, 5.74) is -1.20. The molecule has 1 heterocycles. The van der Waals surface area contributed by atoms with E-state index in [1.807, 2.05) is 0 Å². The molecule has 0 spiro atoms. The molecule has 104 valence electrons. The summed E-state index contributed by atoms with van der Waals surface area (Å²) in [6, 6.07) is 5.93. The van der Waals surface area contributed by atoms with Gasteiger partial charge in [0.05, 0.1) is 6.26 Å². The summed E-state index contributed by atoms with van der Waals surface area (Å²) in [5.74, 6) is 0. The fourth-order valence-electron chi connectivity index (χ4n) is 2.05. The van der Waals surface area contributed by atoms with Crippen LogP contribution in [0.15, 0.2) is 34.9 Å². The fourth-order valence-corrected chi connectivity index (χ4v) is 2.87. The van der Waals surface area contributed by atoms with Crippen LogP contribution in [0, 0.1) is 0 Å². The quantitative estimate of drug-likeness (QED) is 0.836. The van der Waals surface area contributed by atoms with Crippen LogP contribution >= 0.6 is 34.8 Å². The van der Waals surface area contributed by atoms with Crippen LogP contribution in [0.5, 0.6) is 0 Å². The van der Waals surface area contributed by atoms with Gasteiger partial charge in [-0.1, -0.05) is 40.9 Å². The van der Waals surface area contributed by atoms with Crippen molar-refractivity contribution in [2.24, 2.45) is 0 Å². The first-order valence-electron chi connectivity index (χ1n) is 5.71. The second-order valence-electron chi connectivity index (χ2n) is 4.39. The van der Waals surface area contributed by atoms with Crippen LogP contribution in [0.1, 0.15) is 12.5 Å². The zero-order valence-electron chi connectivity index (χ0n) is 10.4. The Morgan fingerprint density at radius 3 is 2.53 bits per heavy atom. The second-order valence-corrected chi connectivity index (χ2v) is 6.67. The van der Waals surface area contributed by atoms with Crippen molar-refractivity contribution in [2.75, 3.05) is 7.05 Å². The lowest BCUT2D eigenvalue weighted by molar-refractivity contribution is 0.121. The van der Waals surface area contributed by atoms with Crippen LogP contribution in [0.4, 0.5) is 4.39 Å². The number of hydrogen-bond donors (Lipinski definition) is 1. The molecule has 2 atom stereocenters. The summed E-state index contributed by atoms with van der Waals surface area (Å²) in [5, 5.41) is 3.56. The lowest BCUT2D eigenvalue weighted by atomic mass is 9.89. The highest BCUT2D eigenvalue weighted by Crippen LogP contribution is 2.50. The number of hydrogen-bond acceptors (Lipinski definition) is 2. The number of nitrogens with one attached hydrogen (secondary N) is 1. The Kier molecular flexibility index (Phi) is 4.03. The summed E-state index contributed by atoms with van der Waals surface area (Å²) in [6.07, 6.45) is 1.53. The van der Waals surface area contributed by atoms with E-state index in [1.54, 1.807) is 38.2 Å². The molecule has 2 nitrogen and oxygen atoms in total. The van der Waals surface area contributed by atoms with Gasteiger partial charge in [0.15, 0.2) is 5.67 Å². The van der Waals surface area contributed by atoms with E-state index in [2.05, 4.69) is 5.32 Å². The fraction of sp³-hybridized carbons (Fsp3) is 0.385. The molecule has 0 aliphatic carbocycles. The van der Waals surface area contributed by atoms with E-state index in [0.717, 1.165) is 5.39 Å². The van der Waals surface area contributed by atoms with Crippen molar-refractivity contribution in [2.45, 2.75) is 22.4 Å². The number of halogens is 4. The molecule has 6 heteroatoms. The third-order valence-corrected chi connectivity index (χ3v) is 4.14. The summed E-state index contributed by atoms with van der Waals surface area (Å²) in [7, 11) is 1.62. The topological polar surface area (TPSA) is 25.2 Å². The van der Waals surface area contributed by atoms with Gasteiger partial charge < -0.3 is 9.73 Å². The lowest BCUT2D eigenvalue weighted by Gasteiger charge is -2.37. The minimum absolute atomic E-state index is 0.295. The number of fused-ring (bicyclic) bond motifs is 1. The molecular weight excluding hydrogens is 312 g/mol. The van der Waals surface area contributed by atoms with E-state index in [9.17, 15) is 0 Å². The highest BCUT2D eigenvalue weighted by molar-refractivity contribution is 6.68. The van der Waals surface area contributed by atoms with E-state index in [1.165, 1.54) is 6.26 Å². The Morgan fingerprint density at radius 1 is 1.26 bits per heavy atom. The lowest BCUT2D eigenvalue weighted by Crippen LogP contribution is -2.50. The zero-order chi connectivity index (χ0) is 14.3. The number of alkyl halides is 4. The van der Waals surface area contributed by atoms with Crippen molar-refractivity contribution in [3.8, 4) is 0 Å². The predicted molar refractivity (Wildman–Crippen MR) is 77.8 cm³/mol. The standard InChI is InChI=1S/C13H13Cl3FNO/c1-8(18-2)12(17,13(14,15)16)10-3-4-11-9(7-10)5-6-19-11/h3-8,18H,1-2H3. The molecule has 0 saturated carbocycles. The molecule has 2 unspecified atom stereocenters. The molecule has 0 radical (unpaired) electrons. The maximum absolute atomic E-state index is 15.4. The third-order valence-electron chi connectivity index (χ3n) is 3.31. The molecule has 2 rings (SSSR count). The largest absolute Gasteiger partial charge is 0.464 e. The first kappa shape index (κ1) is 14.9. The Balaban J connectivity index is 2.60. The van der Waals surface area contributed by atoms with E-state index in [0.29, 0.717) is 11.1 Å². The summed E-state index contributed by atoms with van der Waals surface area (Å²) in [6.45, 7) is 1.63. The minimum atomic E-state index is -2.15. The maximum atomic E-state index is 15.4. The summed E-state index contributed by atoms with van der Waals surface area (Å²) >= 11 is 17.6. The van der Waals surface area contributed by atoms with Gasteiger partial charge in [-0.05, 0) is 37.7 Å². The van der Waals surface area contributed by atoms with Crippen LogP contribution in [0.3, 0.4) is 0 Å². The van der Waals surface area contributed by atoms with Crippen molar-refractivity contribution in [1.29, 1.82) is 0 Å². The van der Waals surface area contributed by atoms with Gasteiger partial charge in [0, 0.05) is 11.4 Å². The Labute approximate surface area is 125 Å². The number of furan rings is 1. The minimum Gasteiger partial charge on any atom is -0.464 e. The Morgan fingerprint density at radius 2 is 1.95 bits per heavy atom. The van der Waals surface area contributed by atoms with Crippen LogP contribution < -0.4 is 5.32 Å². The van der Waals surface area contributed by atoms with Crippen molar-refractivity contribution in [3.05, 3.63) is 36.1 Å². The zero-order valence-corrected chi connectivity index (χ0v) is 12.7. The molecule has 0 amide bonds. The molecule has 0 fully saturated rings. The maximum Gasteiger partial charge on any atom is 0.229 e. The van der Waals surface area contributed by atoms with Crippen LogP contribution in [-0.4, -0.2) is 16.9 Å². The molecule has 1 aromatic carbocycles. The molecule has 0 bridgehead atoms. The average Bonchev–Trinajstić information content (AvgIpc) is 2.82. The van der Waals surface area contributed by atoms with E-state index in [-0.39, 0.29) is 0 Å². The monoisotopic (exact) mass is 323 g/mol. The molecule has 0 saturated heterocycles. The number of benzene rings is 1. The van der Waals surface area contributed by atoms with Crippen LogP contribution in [0.2, 0.25) is 0 Å². The van der Waals surface area contributed by atoms with E-state index >= 15 is 4.39 Å². The molecule has 2 aromatic rings. The first-order valence-corrected chi connectivity index (χ1v) is 6.84. The highest BCUT2D eigenvalue weighted by Gasteiger charge is 2.54. The van der Waals surface area contributed by atoms with Gasteiger partial charge in [-0.25, -0.2) is 4.39 Å². The van der Waals surface area contributed by atoms with Crippen LogP contribution in [0.25, 0.3) is 11.0 Å². The van der Waals surface area contributed by atoms with Crippen LogP contribution in [-0.2, 0) is 5.67 Å². The molecule has 0 aliphatic rings. The van der Waals surface area contributed by atoms with Gasteiger partial charge in [-0.3, -0.25) is 0 Å². The summed E-state index contributed by atoms with van der Waals surface area (Å²) in [4.78, 5) is 0. The SMILES string of the molecule is CNC(C)C(F)(c1ccc2occc2c1)C(Cl)(Cl)Cl. The Hall–Kier alpha value is -0.480. The molecular formula is C13H13Cl3FNO. The van der Waals surface area contributed by atoms with Crippen molar-refractivity contribution in [1.82, 2.24) is 5.32 Å². The van der Waals surface area contributed by atoms with Gasteiger partial charge >= 0.3 is 0 Å². The van der Waals surface area contributed by atoms with E-state index < -0.39 is 15.5 Å². The summed E-state index contributed by atoms with van der Waals surface area (Å²) < 4.78 is 18.5. The average molecular weight is 325 g/mol. The van der Waals surface area contributed by atoms with Crippen molar-refractivity contribution < 1.29 is 8.81 Å². The number of likely N-dealkylation sites (N-methyl/N-ethyl adjacent to an activating group) is 1. The molecule has 19 heavy (non-hydrogen) atoms. The smallest absolute Gasteiger partial charge is 0.229 e. The highest BCUT2D eigenvalue weighted by atomic mass is 35.6. The second kappa shape index (κ2) is 5.13. The van der Waals surface area contributed by atoms with E-state index in [4.69, 9.17) is 39.2 Å². The molecule has 1 N–H and O–H groups in total. The number of rotatable bonds is 3. The van der Waals surface area contributed by atoms with Gasteiger partial charge in [0.2, 0.25) is 3.79 Å². The van der Waals surface area contributed by atoms with Gasteiger partial charge in [0.1, 0.15) is 5.58 Å². The Bertz CT molecular complexity index is 581. The molecule has 0 aliphatic heterocycles. The van der Waals surface area contributed by atoms with Gasteiger partial charge in [0.25, 0.3) is 0 Å². The normalized spacial score (nSPS) is 17.4. The van der Waals surface area contributed by atoms with Gasteiger partial charge in [-0.15, -0.1) is 0 Å². The van der Waals surface area contributed by atoms with Crippen molar-refractivity contribution >= 4 is 45.8 Å². The predicted octanol–water partition coefficient (Wildman–Crippen LogP) is 4.58. The third kappa shape index (κ3) is 2.45.